The van der Waals surface area contributed by atoms with E-state index in [9.17, 15) is 20.1 Å². The predicted molar refractivity (Wildman–Crippen MR) is 222 cm³/mol. The highest BCUT2D eigenvalue weighted by Gasteiger charge is 2.78. The Morgan fingerprint density at radius 1 is 1.02 bits per heavy atom. The van der Waals surface area contributed by atoms with E-state index in [1.165, 1.54) is 7.11 Å². The Hall–Kier alpha value is -4.07. The monoisotopic (exact) mass is 851 g/mol. The van der Waals surface area contributed by atoms with Crippen LogP contribution in [0, 0.1) is 11.3 Å². The number of rotatable bonds is 6. The molecule has 3 aromatic rings. The zero-order valence-electron chi connectivity index (χ0n) is 34.7. The molecule has 326 valence electrons. The number of hydrogen-bond donors (Lipinski definition) is 7. The number of methoxy groups -OCH3 is 2. The van der Waals surface area contributed by atoms with Crippen LogP contribution in [0.25, 0.3) is 10.9 Å². The topological polar surface area (TPSA) is 239 Å². The van der Waals surface area contributed by atoms with Crippen molar-refractivity contribution in [1.82, 2.24) is 14.8 Å². The molecule has 1 aromatic heterocycles. The summed E-state index contributed by atoms with van der Waals surface area (Å²) in [5, 5.41) is 38.0. The quantitative estimate of drug-likeness (QED) is 0.107. The van der Waals surface area contributed by atoms with Crippen LogP contribution in [0.2, 0.25) is 0 Å². The summed E-state index contributed by atoms with van der Waals surface area (Å²) in [7, 11) is 0.225. The molecular weight excluding hydrogens is 795 g/mol. The van der Waals surface area contributed by atoms with Gasteiger partial charge in [-0.15, -0.1) is 0 Å². The Balaban J connectivity index is 0.000000943. The van der Waals surface area contributed by atoms with Gasteiger partial charge in [0, 0.05) is 84.0 Å². The van der Waals surface area contributed by atoms with E-state index in [-0.39, 0.29) is 12.0 Å². The maximum Gasteiger partial charge on any atom is 0.394 e. The molecule has 1 spiro atoms. The van der Waals surface area contributed by atoms with Crippen LogP contribution in [0.15, 0.2) is 48.6 Å². The summed E-state index contributed by atoms with van der Waals surface area (Å²) in [5.74, 6) is -1.00. The molecule has 6 aliphatic rings. The molecule has 6 heterocycles. The minimum atomic E-state index is -4.67. The molecule has 5 aliphatic heterocycles. The van der Waals surface area contributed by atoms with Crippen molar-refractivity contribution in [2.75, 3.05) is 58.9 Å². The van der Waals surface area contributed by atoms with Gasteiger partial charge < -0.3 is 40.4 Å². The number of amides is 1. The van der Waals surface area contributed by atoms with Crippen molar-refractivity contribution < 1.29 is 51.9 Å². The molecule has 1 aliphatic carbocycles. The molecule has 1 amide bonds. The first-order valence-corrected chi connectivity index (χ1v) is 22.1. The number of aromatic amines is 1. The normalized spacial score (nSPS) is 36.7. The van der Waals surface area contributed by atoms with Gasteiger partial charge in [-0.2, -0.15) is 8.42 Å². The number of hydrogen-bond acceptors (Lipinski definition) is 12. The number of esters is 1. The molecule has 2 aromatic carbocycles. The van der Waals surface area contributed by atoms with Gasteiger partial charge >= 0.3 is 16.4 Å². The average Bonchev–Trinajstić information content (AvgIpc) is 3.87. The molecule has 2 saturated heterocycles. The lowest BCUT2D eigenvalue weighted by molar-refractivity contribution is -0.201. The van der Waals surface area contributed by atoms with Gasteiger partial charge in [-0.05, 0) is 74.2 Å². The van der Waals surface area contributed by atoms with E-state index in [1.807, 2.05) is 62.2 Å². The largest absolute Gasteiger partial charge is 0.496 e. The first-order valence-electron chi connectivity index (χ1n) is 20.7. The second kappa shape index (κ2) is 14.5. The van der Waals surface area contributed by atoms with Crippen molar-refractivity contribution in [2.24, 2.45) is 17.1 Å². The van der Waals surface area contributed by atoms with Crippen molar-refractivity contribution in [1.29, 1.82) is 0 Å². The zero-order chi connectivity index (χ0) is 43.4. The van der Waals surface area contributed by atoms with Crippen LogP contribution in [0.4, 0.5) is 5.69 Å². The third kappa shape index (κ3) is 5.91. The molecular formula is C43H57N5O11S. The lowest BCUT2D eigenvalue weighted by Gasteiger charge is -2.63. The second-order valence-electron chi connectivity index (χ2n) is 17.9. The molecule has 16 nitrogen and oxygen atoms in total. The summed E-state index contributed by atoms with van der Waals surface area (Å²) in [6.45, 7) is 7.39. The Bertz CT molecular complexity index is 2360. The van der Waals surface area contributed by atoms with E-state index in [0.29, 0.717) is 69.5 Å². The van der Waals surface area contributed by atoms with Gasteiger partial charge in [-0.25, -0.2) is 0 Å². The lowest BCUT2D eigenvalue weighted by atomic mass is 9.47. The number of ether oxygens (including phenoxy) is 2. The highest BCUT2D eigenvalue weighted by Crippen LogP contribution is 2.67. The summed E-state index contributed by atoms with van der Waals surface area (Å²) in [6.07, 6.45) is 5.78. The average molecular weight is 852 g/mol. The lowest BCUT2D eigenvalue weighted by Crippen LogP contribution is -2.81. The molecule has 3 fully saturated rings. The standard InChI is InChI=1S/C43H55N5O7.H2O4S/c1-6-39(52)21-25-22-42(38(51)55-5,33-27(13-17-47(23-25)24-39)26-11-8-9-12-30(26)45-33)29-19-28-31(20-32(29)54-4)46(3)35-41(28)15-18-48-16-10-14-40(7-2,34(41)48)36(49)43(35,53)37(44)50;1-5(2,3)4/h8-12,14,19-20,25,34-36,45,49,52-53H,6-7,13,15-18,21-24H2,1-5H3,(H2,44,50);(H2,1,2,3,4)/t25?,34-,35?,36+,39-,40+,41+,42-,43-;/m0./s1. The van der Waals surface area contributed by atoms with Crippen LogP contribution in [0.5, 0.6) is 5.75 Å². The van der Waals surface area contributed by atoms with E-state index >= 15 is 4.79 Å². The minimum absolute atomic E-state index is 0.0790. The third-order valence-corrected chi connectivity index (χ3v) is 15.2. The van der Waals surface area contributed by atoms with Crippen LogP contribution in [0.3, 0.4) is 0 Å². The summed E-state index contributed by atoms with van der Waals surface area (Å²) >= 11 is 0. The van der Waals surface area contributed by atoms with Gasteiger partial charge in [-0.3, -0.25) is 28.5 Å². The number of aliphatic hydroxyl groups excluding tert-OH is 1. The Morgan fingerprint density at radius 2 is 1.73 bits per heavy atom. The molecule has 1 saturated carbocycles. The first-order chi connectivity index (χ1) is 28.3. The number of anilines is 1. The molecule has 60 heavy (non-hydrogen) atoms. The molecule has 17 heteroatoms. The maximum atomic E-state index is 15.2. The number of benzene rings is 2. The smallest absolute Gasteiger partial charge is 0.394 e. The Labute approximate surface area is 349 Å². The van der Waals surface area contributed by atoms with Crippen molar-refractivity contribution in [2.45, 2.75) is 92.6 Å². The van der Waals surface area contributed by atoms with Gasteiger partial charge in [-0.1, -0.05) is 44.2 Å². The number of H-pyrrole nitrogens is 1. The van der Waals surface area contributed by atoms with Crippen molar-refractivity contribution in [3.63, 3.8) is 0 Å². The number of aliphatic hydroxyl groups is 3. The number of aromatic nitrogens is 1. The van der Waals surface area contributed by atoms with Crippen molar-refractivity contribution in [3.8, 4) is 5.75 Å². The highest BCUT2D eigenvalue weighted by molar-refractivity contribution is 7.79. The van der Waals surface area contributed by atoms with Crippen LogP contribution >= 0.6 is 0 Å². The molecule has 0 radical (unpaired) electrons. The number of fused-ring (bicyclic) bond motifs is 6. The van der Waals surface area contributed by atoms with Crippen molar-refractivity contribution >= 4 is 38.9 Å². The van der Waals surface area contributed by atoms with E-state index in [4.69, 9.17) is 32.7 Å². The fraction of sp³-hybridized carbons (Fsp3) is 0.581. The van der Waals surface area contributed by atoms with Gasteiger partial charge in [0.15, 0.2) is 5.60 Å². The van der Waals surface area contributed by atoms with Gasteiger partial charge in [0.2, 0.25) is 0 Å². The van der Waals surface area contributed by atoms with E-state index in [2.05, 4.69) is 26.9 Å². The summed E-state index contributed by atoms with van der Waals surface area (Å²) in [4.78, 5) is 39.3. The summed E-state index contributed by atoms with van der Waals surface area (Å²) in [6, 6.07) is 11.0. The second-order valence-corrected chi connectivity index (χ2v) is 18.8. The highest BCUT2D eigenvalue weighted by atomic mass is 32.3. The molecule has 8 N–H and O–H groups in total. The number of piperidine rings is 1. The van der Waals surface area contributed by atoms with Crippen LogP contribution in [0.1, 0.15) is 68.3 Å². The fourth-order valence-corrected chi connectivity index (χ4v) is 13.1. The SMILES string of the molecule is CC[C@]1(O)CC2CN(CCc3c([nH]c4ccccc34)[C@@](C(=O)OC)(c3cc4c(cc3OC)N(C)C3[C@]45CCN4CC=C[C@@](CC)([C@@H](O)[C@]3(O)C(N)=O)[C@H]45)C2)C1.O=S(=O)(O)O. The number of para-hydroxylation sites is 1. The number of carbonyl (C=O) groups excluding carboxylic acids is 2. The van der Waals surface area contributed by atoms with Crippen molar-refractivity contribution in [3.05, 3.63) is 70.9 Å². The number of nitrogens with two attached hydrogens (primary N) is 1. The number of primary amides is 1. The van der Waals surface area contributed by atoms with Gasteiger partial charge in [0.05, 0.1) is 25.9 Å². The van der Waals surface area contributed by atoms with E-state index in [1.54, 1.807) is 7.11 Å². The van der Waals surface area contributed by atoms with Crippen LogP contribution < -0.4 is 15.4 Å². The molecule has 10 atom stereocenters. The van der Waals surface area contributed by atoms with E-state index in [0.717, 1.165) is 46.5 Å². The number of nitrogens with zero attached hydrogens (tertiary/aromatic N) is 3. The Morgan fingerprint density at radius 3 is 2.38 bits per heavy atom. The van der Waals surface area contributed by atoms with Crippen LogP contribution in [-0.2, 0) is 42.0 Å². The third-order valence-electron chi connectivity index (χ3n) is 15.2. The molecule has 2 bridgehead atoms. The molecule has 9 rings (SSSR count). The fourth-order valence-electron chi connectivity index (χ4n) is 13.1. The van der Waals surface area contributed by atoms with Gasteiger partial charge in [0.25, 0.3) is 5.91 Å². The van der Waals surface area contributed by atoms with E-state index < -0.39 is 61.9 Å². The van der Waals surface area contributed by atoms with Crippen LogP contribution in [-0.4, -0.2) is 143 Å². The minimum Gasteiger partial charge on any atom is -0.496 e. The Kier molecular flexibility index (Phi) is 10.3. The predicted octanol–water partition coefficient (Wildman–Crippen LogP) is 2.08. The molecule has 3 unspecified atom stereocenters. The first kappa shape index (κ1) is 42.6. The summed E-state index contributed by atoms with van der Waals surface area (Å²) < 4.78 is 43.8. The summed E-state index contributed by atoms with van der Waals surface area (Å²) in [5.41, 5.74) is 4.72. The number of likely N-dealkylation sites (N-methyl/N-ethyl adjacent to an activating group) is 1. The zero-order valence-corrected chi connectivity index (χ0v) is 35.5. The number of carbonyl (C=O) groups is 2. The van der Waals surface area contributed by atoms with Gasteiger partial charge in [0.1, 0.15) is 17.3 Å². The number of nitrogens with one attached hydrogen (secondary N) is 1. The maximum absolute atomic E-state index is 15.2.